The van der Waals surface area contributed by atoms with Crippen LogP contribution in [0.4, 0.5) is 4.39 Å². The molecule has 0 saturated carbocycles. The Labute approximate surface area is 161 Å². The molecule has 0 atom stereocenters. The van der Waals surface area contributed by atoms with Crippen molar-refractivity contribution in [3.63, 3.8) is 0 Å². The van der Waals surface area contributed by atoms with Gasteiger partial charge >= 0.3 is 0 Å². The molecule has 28 heavy (non-hydrogen) atoms. The van der Waals surface area contributed by atoms with E-state index in [-0.39, 0.29) is 11.7 Å². The van der Waals surface area contributed by atoms with Crippen molar-refractivity contribution in [2.24, 2.45) is 0 Å². The van der Waals surface area contributed by atoms with E-state index in [4.69, 9.17) is 0 Å². The molecule has 2 aromatic carbocycles. The Hall–Kier alpha value is -3.54. The highest BCUT2D eigenvalue weighted by molar-refractivity contribution is 5.91. The van der Waals surface area contributed by atoms with Gasteiger partial charge in [0.1, 0.15) is 12.1 Å². The van der Waals surface area contributed by atoms with Crippen LogP contribution in [0.1, 0.15) is 17.7 Å². The van der Waals surface area contributed by atoms with Crippen LogP contribution in [-0.2, 0) is 17.8 Å². The van der Waals surface area contributed by atoms with Crippen molar-refractivity contribution in [3.05, 3.63) is 84.2 Å². The molecule has 4 rings (SSSR count). The highest BCUT2D eigenvalue weighted by Gasteiger charge is 2.15. The number of H-pyrrole nitrogens is 1. The fourth-order valence-corrected chi connectivity index (χ4v) is 3.27. The zero-order chi connectivity index (χ0) is 19.3. The molecule has 0 radical (unpaired) electrons. The molecule has 2 aromatic heterocycles. The van der Waals surface area contributed by atoms with Crippen molar-refractivity contribution in [1.29, 1.82) is 0 Å². The number of aromatic amines is 1. The average Bonchev–Trinajstić information content (AvgIpc) is 3.10. The number of amides is 1. The molecular formula is C22H19FN4O. The summed E-state index contributed by atoms with van der Waals surface area (Å²) in [6, 6.07) is 16.3. The van der Waals surface area contributed by atoms with Crippen LogP contribution in [0, 0.1) is 5.82 Å². The first-order chi connectivity index (χ1) is 13.7. The standard InChI is InChI=1S/C22H19FN4O/c23-16-6-8-20-19(12-16)18(22(27-20)15-4-2-1-3-5-15)7-9-21(28)25-13-17-10-11-24-14-26-17/h1-6,8,10-12,14,27H,7,9,13H2,(H,25,28). The number of aromatic nitrogens is 3. The SMILES string of the molecule is O=C(CCc1c(-c2ccccc2)[nH]c2ccc(F)cc12)NCc1ccncn1. The largest absolute Gasteiger partial charge is 0.354 e. The van der Waals surface area contributed by atoms with E-state index in [1.54, 1.807) is 18.3 Å². The molecule has 0 unspecified atom stereocenters. The van der Waals surface area contributed by atoms with Crippen LogP contribution >= 0.6 is 0 Å². The third kappa shape index (κ3) is 3.91. The second-order valence-electron chi connectivity index (χ2n) is 6.51. The number of carbonyl (C=O) groups excluding carboxylic acids is 1. The number of fused-ring (bicyclic) bond motifs is 1. The third-order valence-corrected chi connectivity index (χ3v) is 4.64. The number of hydrogen-bond donors (Lipinski definition) is 2. The quantitative estimate of drug-likeness (QED) is 0.536. The van der Waals surface area contributed by atoms with Crippen LogP contribution in [0.2, 0.25) is 0 Å². The summed E-state index contributed by atoms with van der Waals surface area (Å²) < 4.78 is 13.8. The maximum Gasteiger partial charge on any atom is 0.220 e. The van der Waals surface area contributed by atoms with Gasteiger partial charge in [0.15, 0.2) is 0 Å². The summed E-state index contributed by atoms with van der Waals surface area (Å²) in [6.07, 6.45) is 3.90. The topological polar surface area (TPSA) is 70.7 Å². The molecule has 2 N–H and O–H groups in total. The summed E-state index contributed by atoms with van der Waals surface area (Å²) in [5.41, 5.74) is 4.48. The van der Waals surface area contributed by atoms with Crippen LogP contribution in [-0.4, -0.2) is 20.9 Å². The van der Waals surface area contributed by atoms with E-state index in [9.17, 15) is 9.18 Å². The van der Waals surface area contributed by atoms with Crippen molar-refractivity contribution < 1.29 is 9.18 Å². The van der Waals surface area contributed by atoms with Gasteiger partial charge in [-0.15, -0.1) is 0 Å². The average molecular weight is 374 g/mol. The Bertz CT molecular complexity index is 1090. The predicted octanol–water partition coefficient (Wildman–Crippen LogP) is 4.01. The van der Waals surface area contributed by atoms with Crippen molar-refractivity contribution in [2.75, 3.05) is 0 Å². The second-order valence-corrected chi connectivity index (χ2v) is 6.51. The van der Waals surface area contributed by atoms with Gasteiger partial charge in [-0.1, -0.05) is 30.3 Å². The number of aryl methyl sites for hydroxylation is 1. The predicted molar refractivity (Wildman–Crippen MR) is 106 cm³/mol. The lowest BCUT2D eigenvalue weighted by Crippen LogP contribution is -2.23. The fraction of sp³-hybridized carbons (Fsp3) is 0.136. The van der Waals surface area contributed by atoms with Crippen LogP contribution in [0.3, 0.4) is 0 Å². The van der Waals surface area contributed by atoms with E-state index in [0.717, 1.165) is 33.4 Å². The van der Waals surface area contributed by atoms with Crippen LogP contribution in [0.5, 0.6) is 0 Å². The van der Waals surface area contributed by atoms with Gasteiger partial charge in [-0.25, -0.2) is 14.4 Å². The van der Waals surface area contributed by atoms with E-state index < -0.39 is 0 Å². The van der Waals surface area contributed by atoms with Crippen molar-refractivity contribution in [1.82, 2.24) is 20.3 Å². The van der Waals surface area contributed by atoms with Gasteiger partial charge in [0.05, 0.1) is 12.2 Å². The number of hydrogen-bond acceptors (Lipinski definition) is 3. The number of nitrogens with zero attached hydrogens (tertiary/aromatic N) is 2. The van der Waals surface area contributed by atoms with Gasteiger partial charge in [0.25, 0.3) is 0 Å². The normalized spacial score (nSPS) is 10.9. The summed E-state index contributed by atoms with van der Waals surface area (Å²) in [7, 11) is 0. The molecule has 4 aromatic rings. The van der Waals surface area contributed by atoms with Crippen molar-refractivity contribution in [2.45, 2.75) is 19.4 Å². The van der Waals surface area contributed by atoms with E-state index in [1.807, 2.05) is 30.3 Å². The summed E-state index contributed by atoms with van der Waals surface area (Å²) in [6.45, 7) is 0.357. The number of carbonyl (C=O) groups is 1. The second kappa shape index (κ2) is 8.00. The summed E-state index contributed by atoms with van der Waals surface area (Å²) in [4.78, 5) is 23.6. The van der Waals surface area contributed by atoms with Gasteiger partial charge in [-0.05, 0) is 41.8 Å². The van der Waals surface area contributed by atoms with E-state index in [1.165, 1.54) is 18.5 Å². The molecule has 0 spiro atoms. The Morgan fingerprint density at radius 1 is 1.11 bits per heavy atom. The molecule has 140 valence electrons. The van der Waals surface area contributed by atoms with Crippen molar-refractivity contribution >= 4 is 16.8 Å². The van der Waals surface area contributed by atoms with Gasteiger partial charge < -0.3 is 10.3 Å². The van der Waals surface area contributed by atoms with Crippen LogP contribution in [0.15, 0.2) is 67.1 Å². The first-order valence-corrected chi connectivity index (χ1v) is 9.08. The minimum atomic E-state index is -0.291. The lowest BCUT2D eigenvalue weighted by molar-refractivity contribution is -0.121. The van der Waals surface area contributed by atoms with E-state index >= 15 is 0 Å². The monoisotopic (exact) mass is 374 g/mol. The van der Waals surface area contributed by atoms with Gasteiger partial charge in [0, 0.05) is 29.2 Å². The molecule has 0 fully saturated rings. The van der Waals surface area contributed by atoms with Crippen LogP contribution in [0.25, 0.3) is 22.2 Å². The third-order valence-electron chi connectivity index (χ3n) is 4.64. The maximum absolute atomic E-state index is 13.8. The molecule has 0 bridgehead atoms. The van der Waals surface area contributed by atoms with Gasteiger partial charge in [-0.3, -0.25) is 4.79 Å². The Balaban J connectivity index is 1.55. The zero-order valence-electron chi connectivity index (χ0n) is 15.2. The molecule has 0 aliphatic carbocycles. The van der Waals surface area contributed by atoms with E-state index in [0.29, 0.717) is 19.4 Å². The summed E-state index contributed by atoms with van der Waals surface area (Å²) in [5.74, 6) is -0.371. The Kier molecular flexibility index (Phi) is 5.10. The minimum Gasteiger partial charge on any atom is -0.354 e. The highest BCUT2D eigenvalue weighted by Crippen LogP contribution is 2.31. The highest BCUT2D eigenvalue weighted by atomic mass is 19.1. The molecule has 6 heteroatoms. The minimum absolute atomic E-state index is 0.0802. The fourth-order valence-electron chi connectivity index (χ4n) is 3.27. The number of rotatable bonds is 6. The smallest absolute Gasteiger partial charge is 0.220 e. The van der Waals surface area contributed by atoms with Gasteiger partial charge in [0.2, 0.25) is 5.91 Å². The number of halogens is 1. The molecule has 0 aliphatic heterocycles. The Morgan fingerprint density at radius 3 is 2.75 bits per heavy atom. The molecule has 0 aliphatic rings. The first kappa shape index (κ1) is 17.9. The van der Waals surface area contributed by atoms with Crippen molar-refractivity contribution in [3.8, 4) is 11.3 Å². The lowest BCUT2D eigenvalue weighted by Gasteiger charge is -2.07. The molecule has 5 nitrogen and oxygen atoms in total. The molecular weight excluding hydrogens is 355 g/mol. The molecule has 1 amide bonds. The number of benzene rings is 2. The molecule has 0 saturated heterocycles. The Morgan fingerprint density at radius 2 is 1.96 bits per heavy atom. The summed E-state index contributed by atoms with van der Waals surface area (Å²) >= 11 is 0. The lowest BCUT2D eigenvalue weighted by atomic mass is 10.0. The zero-order valence-corrected chi connectivity index (χ0v) is 15.2. The van der Waals surface area contributed by atoms with Gasteiger partial charge in [-0.2, -0.15) is 0 Å². The summed E-state index contributed by atoms with van der Waals surface area (Å²) in [5, 5.41) is 3.67. The first-order valence-electron chi connectivity index (χ1n) is 9.08. The van der Waals surface area contributed by atoms with E-state index in [2.05, 4.69) is 20.3 Å². The van der Waals surface area contributed by atoms with Crippen LogP contribution < -0.4 is 5.32 Å². The maximum atomic E-state index is 13.8. The molecule has 2 heterocycles. The number of nitrogens with one attached hydrogen (secondary N) is 2.